The topological polar surface area (TPSA) is 63.5 Å². The van der Waals surface area contributed by atoms with Crippen LogP contribution in [0.4, 0.5) is 11.4 Å². The molecule has 1 aromatic carbocycles. The molecule has 1 aliphatic heterocycles. The zero-order valence-electron chi connectivity index (χ0n) is 9.68. The van der Waals surface area contributed by atoms with Gasteiger partial charge in [0.2, 0.25) is 5.91 Å². The predicted molar refractivity (Wildman–Crippen MR) is 64.1 cm³/mol. The van der Waals surface area contributed by atoms with E-state index in [0.717, 1.165) is 24.1 Å². The molecule has 90 valence electrons. The molecule has 1 aliphatic rings. The summed E-state index contributed by atoms with van der Waals surface area (Å²) in [6.07, 6.45) is 2.11. The van der Waals surface area contributed by atoms with Gasteiger partial charge in [-0.3, -0.25) is 14.9 Å². The molecule has 0 unspecified atom stereocenters. The number of nitrogens with zero attached hydrogens (tertiary/aromatic N) is 2. The van der Waals surface area contributed by atoms with Crippen LogP contribution in [0.15, 0.2) is 18.2 Å². The molecular formula is C12H14N2O3. The number of hydrogen-bond acceptors (Lipinski definition) is 3. The van der Waals surface area contributed by atoms with Crippen LogP contribution in [0.5, 0.6) is 0 Å². The molecule has 0 fully saturated rings. The highest BCUT2D eigenvalue weighted by atomic mass is 16.6. The number of nitro groups is 1. The van der Waals surface area contributed by atoms with E-state index < -0.39 is 4.92 Å². The lowest BCUT2D eigenvalue weighted by Crippen LogP contribution is -2.34. The second-order valence-electron chi connectivity index (χ2n) is 4.07. The number of rotatable bonds is 2. The van der Waals surface area contributed by atoms with Crippen molar-refractivity contribution in [2.75, 3.05) is 11.4 Å². The lowest BCUT2D eigenvalue weighted by Gasteiger charge is -2.29. The third-order valence-corrected chi connectivity index (χ3v) is 3.00. The molecule has 0 bridgehead atoms. The summed E-state index contributed by atoms with van der Waals surface area (Å²) in [7, 11) is 0. The van der Waals surface area contributed by atoms with Gasteiger partial charge in [0.25, 0.3) is 5.69 Å². The number of hydrogen-bond donors (Lipinski definition) is 0. The first-order chi connectivity index (χ1) is 8.13. The summed E-state index contributed by atoms with van der Waals surface area (Å²) >= 11 is 0. The molecule has 5 heteroatoms. The van der Waals surface area contributed by atoms with Crippen LogP contribution in [0.25, 0.3) is 0 Å². The Hall–Kier alpha value is -1.91. The van der Waals surface area contributed by atoms with Crippen LogP contribution in [0, 0.1) is 10.1 Å². The molecule has 1 heterocycles. The van der Waals surface area contributed by atoms with E-state index in [1.165, 1.54) is 6.07 Å². The monoisotopic (exact) mass is 234 g/mol. The Labute approximate surface area is 99.2 Å². The van der Waals surface area contributed by atoms with Crippen molar-refractivity contribution in [2.24, 2.45) is 0 Å². The normalized spacial score (nSPS) is 14.3. The van der Waals surface area contributed by atoms with Crippen LogP contribution >= 0.6 is 0 Å². The van der Waals surface area contributed by atoms with Crippen molar-refractivity contribution in [3.63, 3.8) is 0 Å². The molecule has 0 saturated carbocycles. The van der Waals surface area contributed by atoms with E-state index >= 15 is 0 Å². The Kier molecular flexibility index (Phi) is 3.08. The predicted octanol–water partition coefficient (Wildman–Crippen LogP) is 2.28. The van der Waals surface area contributed by atoms with E-state index in [-0.39, 0.29) is 11.6 Å². The molecule has 1 amide bonds. The smallest absolute Gasteiger partial charge is 0.269 e. The van der Waals surface area contributed by atoms with Crippen molar-refractivity contribution in [1.29, 1.82) is 0 Å². The van der Waals surface area contributed by atoms with Crippen LogP contribution in [0.1, 0.15) is 25.3 Å². The second-order valence-corrected chi connectivity index (χ2v) is 4.07. The zero-order valence-corrected chi connectivity index (χ0v) is 9.68. The third-order valence-electron chi connectivity index (χ3n) is 3.00. The van der Waals surface area contributed by atoms with Crippen molar-refractivity contribution >= 4 is 17.3 Å². The third kappa shape index (κ3) is 2.13. The largest absolute Gasteiger partial charge is 0.312 e. The van der Waals surface area contributed by atoms with Crippen molar-refractivity contribution in [1.82, 2.24) is 0 Å². The summed E-state index contributed by atoms with van der Waals surface area (Å²) in [5.74, 6) is 0.0693. The van der Waals surface area contributed by atoms with Crippen molar-refractivity contribution in [3.8, 4) is 0 Å². The Morgan fingerprint density at radius 1 is 1.53 bits per heavy atom. The number of carbonyl (C=O) groups excluding carboxylic acids is 1. The molecule has 0 N–H and O–H groups in total. The first-order valence-corrected chi connectivity index (χ1v) is 5.71. The summed E-state index contributed by atoms with van der Waals surface area (Å²) in [6, 6.07) is 4.71. The van der Waals surface area contributed by atoms with Gasteiger partial charge in [0.15, 0.2) is 0 Å². The van der Waals surface area contributed by atoms with Crippen LogP contribution < -0.4 is 4.90 Å². The molecular weight excluding hydrogens is 220 g/mol. The van der Waals surface area contributed by atoms with Gasteiger partial charge in [0.1, 0.15) is 0 Å². The van der Waals surface area contributed by atoms with E-state index in [1.807, 2.05) is 6.92 Å². The van der Waals surface area contributed by atoms with E-state index in [4.69, 9.17) is 0 Å². The molecule has 17 heavy (non-hydrogen) atoms. The van der Waals surface area contributed by atoms with Gasteiger partial charge in [-0.1, -0.05) is 6.92 Å². The van der Waals surface area contributed by atoms with Gasteiger partial charge in [0, 0.05) is 30.8 Å². The molecule has 0 radical (unpaired) electrons. The average molecular weight is 234 g/mol. The number of nitro benzene ring substituents is 1. The minimum atomic E-state index is -0.402. The fourth-order valence-corrected chi connectivity index (χ4v) is 2.15. The van der Waals surface area contributed by atoms with Crippen LogP contribution in [0.3, 0.4) is 0 Å². The maximum atomic E-state index is 11.7. The number of benzene rings is 1. The minimum Gasteiger partial charge on any atom is -0.312 e. The number of amides is 1. The number of carbonyl (C=O) groups is 1. The van der Waals surface area contributed by atoms with E-state index in [9.17, 15) is 14.9 Å². The Morgan fingerprint density at radius 3 is 2.94 bits per heavy atom. The lowest BCUT2D eigenvalue weighted by atomic mass is 10.0. The van der Waals surface area contributed by atoms with Gasteiger partial charge in [-0.2, -0.15) is 0 Å². The number of anilines is 1. The Morgan fingerprint density at radius 2 is 2.29 bits per heavy atom. The van der Waals surface area contributed by atoms with Crippen LogP contribution in [0.2, 0.25) is 0 Å². The zero-order chi connectivity index (χ0) is 12.4. The maximum Gasteiger partial charge on any atom is 0.269 e. The Balaban J connectivity index is 2.40. The summed E-state index contributed by atoms with van der Waals surface area (Å²) in [5.41, 5.74) is 1.82. The van der Waals surface area contributed by atoms with E-state index in [1.54, 1.807) is 17.0 Å². The summed E-state index contributed by atoms with van der Waals surface area (Å²) in [6.45, 7) is 2.53. The quantitative estimate of drug-likeness (QED) is 0.582. The highest BCUT2D eigenvalue weighted by Gasteiger charge is 2.23. The number of non-ortho nitro benzene ring substituents is 1. The van der Waals surface area contributed by atoms with Crippen molar-refractivity contribution in [2.45, 2.75) is 26.2 Å². The van der Waals surface area contributed by atoms with Crippen LogP contribution in [-0.2, 0) is 11.2 Å². The second kappa shape index (κ2) is 4.53. The summed E-state index contributed by atoms with van der Waals surface area (Å²) in [4.78, 5) is 23.7. The minimum absolute atomic E-state index is 0.0693. The standard InChI is InChI=1S/C12H14N2O3/c1-2-12(15)13-7-3-4-9-8-10(14(16)17)5-6-11(9)13/h5-6,8H,2-4,7H2,1H3. The molecule has 0 spiro atoms. The summed E-state index contributed by atoms with van der Waals surface area (Å²) < 4.78 is 0. The summed E-state index contributed by atoms with van der Waals surface area (Å²) in [5, 5.41) is 10.7. The molecule has 0 saturated heterocycles. The van der Waals surface area contributed by atoms with Gasteiger partial charge < -0.3 is 4.90 Å². The Bertz CT molecular complexity index is 471. The highest BCUT2D eigenvalue weighted by molar-refractivity contribution is 5.94. The first kappa shape index (κ1) is 11.6. The molecule has 0 aliphatic carbocycles. The fourth-order valence-electron chi connectivity index (χ4n) is 2.15. The van der Waals surface area contributed by atoms with Gasteiger partial charge >= 0.3 is 0 Å². The average Bonchev–Trinajstić information content (AvgIpc) is 2.36. The maximum absolute atomic E-state index is 11.7. The number of fused-ring (bicyclic) bond motifs is 1. The van der Waals surface area contributed by atoms with Gasteiger partial charge in [-0.25, -0.2) is 0 Å². The SMILES string of the molecule is CCC(=O)N1CCCc2cc([N+](=O)[O-])ccc21. The lowest BCUT2D eigenvalue weighted by molar-refractivity contribution is -0.384. The molecule has 1 aromatic rings. The van der Waals surface area contributed by atoms with Crippen molar-refractivity contribution in [3.05, 3.63) is 33.9 Å². The van der Waals surface area contributed by atoms with Gasteiger partial charge in [0.05, 0.1) is 4.92 Å². The van der Waals surface area contributed by atoms with Crippen LogP contribution in [-0.4, -0.2) is 17.4 Å². The van der Waals surface area contributed by atoms with E-state index in [2.05, 4.69) is 0 Å². The molecule has 2 rings (SSSR count). The first-order valence-electron chi connectivity index (χ1n) is 5.71. The highest BCUT2D eigenvalue weighted by Crippen LogP contribution is 2.30. The number of aryl methyl sites for hydroxylation is 1. The molecule has 0 aromatic heterocycles. The van der Waals surface area contributed by atoms with Gasteiger partial charge in [-0.05, 0) is 24.5 Å². The fraction of sp³-hybridized carbons (Fsp3) is 0.417. The molecule has 0 atom stereocenters. The van der Waals surface area contributed by atoms with Gasteiger partial charge in [-0.15, -0.1) is 0 Å². The van der Waals surface area contributed by atoms with E-state index in [0.29, 0.717) is 13.0 Å². The molecule has 5 nitrogen and oxygen atoms in total. The van der Waals surface area contributed by atoms with Crippen molar-refractivity contribution < 1.29 is 9.72 Å².